The zero-order chi connectivity index (χ0) is 8.59. The van der Waals surface area contributed by atoms with Crippen molar-refractivity contribution in [3.05, 3.63) is 27.7 Å². The predicted octanol–water partition coefficient (Wildman–Crippen LogP) is 2.85. The molecule has 0 aliphatic heterocycles. The second-order valence-electron chi connectivity index (χ2n) is 1.88. The molecule has 1 nitrogen and oxygen atoms in total. The molecule has 1 aromatic rings. The van der Waals surface area contributed by atoms with Gasteiger partial charge in [-0.05, 0) is 6.07 Å². The second kappa shape index (κ2) is 2.83. The predicted molar refractivity (Wildman–Crippen MR) is 40.8 cm³/mol. The van der Waals surface area contributed by atoms with E-state index in [1.165, 1.54) is 0 Å². The van der Waals surface area contributed by atoms with Crippen molar-refractivity contribution in [2.24, 2.45) is 0 Å². The first kappa shape index (κ1) is 8.56. The fraction of sp³-hybridized carbons (Fsp3) is 0. The maximum atomic E-state index is 12.7. The van der Waals surface area contributed by atoms with Gasteiger partial charge < -0.3 is 5.73 Å². The van der Waals surface area contributed by atoms with Gasteiger partial charge >= 0.3 is 0 Å². The molecule has 0 saturated heterocycles. The minimum atomic E-state index is -1.02. The smallest absolute Gasteiger partial charge is 0.169 e. The van der Waals surface area contributed by atoms with Crippen molar-refractivity contribution in [2.75, 3.05) is 5.73 Å². The van der Waals surface area contributed by atoms with Crippen molar-refractivity contribution >= 4 is 28.9 Å². The summed E-state index contributed by atoms with van der Waals surface area (Å²) in [6.45, 7) is 0. The minimum Gasteiger partial charge on any atom is -0.394 e. The molecule has 0 amide bonds. The van der Waals surface area contributed by atoms with Gasteiger partial charge in [0.1, 0.15) is 5.69 Å². The van der Waals surface area contributed by atoms with E-state index >= 15 is 0 Å². The Kier molecular flexibility index (Phi) is 2.20. The summed E-state index contributed by atoms with van der Waals surface area (Å²) < 4.78 is 25.2. The molecule has 0 saturated carbocycles. The van der Waals surface area contributed by atoms with Gasteiger partial charge in [0.2, 0.25) is 0 Å². The summed E-state index contributed by atoms with van der Waals surface area (Å²) in [5.41, 5.74) is 4.35. The Morgan fingerprint density at radius 2 is 1.82 bits per heavy atom. The molecule has 0 radical (unpaired) electrons. The Balaban J connectivity index is 3.46. The van der Waals surface area contributed by atoms with Crippen LogP contribution in [0.15, 0.2) is 6.07 Å². The molecule has 0 heterocycles. The first-order valence-corrected chi connectivity index (χ1v) is 3.38. The number of halogens is 4. The highest BCUT2D eigenvalue weighted by Crippen LogP contribution is 2.30. The van der Waals surface area contributed by atoms with Crippen LogP contribution in [0.3, 0.4) is 0 Å². The van der Waals surface area contributed by atoms with Crippen LogP contribution >= 0.6 is 23.2 Å². The lowest BCUT2D eigenvalue weighted by Gasteiger charge is -2.01. The number of nitrogens with two attached hydrogens (primary N) is 1. The lowest BCUT2D eigenvalue weighted by Crippen LogP contribution is -1.96. The summed E-state index contributed by atoms with van der Waals surface area (Å²) in [5.74, 6) is -1.92. The Morgan fingerprint density at radius 3 is 2.36 bits per heavy atom. The SMILES string of the molecule is Nc1c(F)cc(Cl)c(Cl)c1F. The molecular weight excluding hydrogens is 195 g/mol. The average Bonchev–Trinajstić information content (AvgIpc) is 1.97. The van der Waals surface area contributed by atoms with E-state index in [1.807, 2.05) is 0 Å². The molecule has 11 heavy (non-hydrogen) atoms. The Hall–Kier alpha value is -0.540. The molecular formula is C6H3Cl2F2N. The van der Waals surface area contributed by atoms with Gasteiger partial charge in [-0.3, -0.25) is 0 Å². The van der Waals surface area contributed by atoms with Gasteiger partial charge in [-0.15, -0.1) is 0 Å². The highest BCUT2D eigenvalue weighted by atomic mass is 35.5. The van der Waals surface area contributed by atoms with Crippen LogP contribution in [0.1, 0.15) is 0 Å². The lowest BCUT2D eigenvalue weighted by atomic mass is 10.3. The van der Waals surface area contributed by atoms with Gasteiger partial charge in [0, 0.05) is 0 Å². The van der Waals surface area contributed by atoms with E-state index in [-0.39, 0.29) is 10.0 Å². The van der Waals surface area contributed by atoms with Gasteiger partial charge in [-0.1, -0.05) is 23.2 Å². The normalized spacial score (nSPS) is 10.2. The van der Waals surface area contributed by atoms with Crippen LogP contribution in [0.4, 0.5) is 14.5 Å². The molecule has 0 atom stereocenters. The van der Waals surface area contributed by atoms with Crippen molar-refractivity contribution < 1.29 is 8.78 Å². The van der Waals surface area contributed by atoms with Gasteiger partial charge in [-0.25, -0.2) is 8.78 Å². The summed E-state index contributed by atoms with van der Waals surface area (Å²) in [6, 6.07) is 0.863. The van der Waals surface area contributed by atoms with Crippen molar-refractivity contribution in [1.82, 2.24) is 0 Å². The van der Waals surface area contributed by atoms with Crippen LogP contribution in [0, 0.1) is 11.6 Å². The molecule has 0 unspecified atom stereocenters. The number of rotatable bonds is 0. The Morgan fingerprint density at radius 1 is 1.27 bits per heavy atom. The number of nitrogen functional groups attached to an aromatic ring is 1. The van der Waals surface area contributed by atoms with Crippen molar-refractivity contribution in [3.63, 3.8) is 0 Å². The van der Waals surface area contributed by atoms with Crippen LogP contribution in [-0.4, -0.2) is 0 Å². The third kappa shape index (κ3) is 1.39. The van der Waals surface area contributed by atoms with E-state index in [9.17, 15) is 8.78 Å². The number of hydrogen-bond acceptors (Lipinski definition) is 1. The third-order valence-corrected chi connectivity index (χ3v) is 1.91. The van der Waals surface area contributed by atoms with Gasteiger partial charge in [0.15, 0.2) is 11.6 Å². The summed E-state index contributed by atoms with van der Waals surface area (Å²) in [6.07, 6.45) is 0. The third-order valence-electron chi connectivity index (χ3n) is 1.15. The molecule has 0 fully saturated rings. The fourth-order valence-corrected chi connectivity index (χ4v) is 0.915. The fourth-order valence-electron chi connectivity index (χ4n) is 0.580. The molecule has 0 bridgehead atoms. The summed E-state index contributed by atoms with van der Waals surface area (Å²) in [5, 5.41) is -0.540. The maximum absolute atomic E-state index is 12.7. The topological polar surface area (TPSA) is 26.0 Å². The summed E-state index contributed by atoms with van der Waals surface area (Å²) in [7, 11) is 0. The zero-order valence-electron chi connectivity index (χ0n) is 5.17. The van der Waals surface area contributed by atoms with Crippen molar-refractivity contribution in [2.45, 2.75) is 0 Å². The average molecular weight is 198 g/mol. The summed E-state index contributed by atoms with van der Waals surface area (Å²) >= 11 is 10.6. The molecule has 5 heteroatoms. The van der Waals surface area contributed by atoms with E-state index in [4.69, 9.17) is 28.9 Å². The monoisotopic (exact) mass is 197 g/mol. The number of benzene rings is 1. The summed E-state index contributed by atoms with van der Waals surface area (Å²) in [4.78, 5) is 0. The highest BCUT2D eigenvalue weighted by molar-refractivity contribution is 6.42. The standard InChI is InChI=1S/C6H3Cl2F2N/c7-2-1-3(9)6(11)5(10)4(2)8/h1H,11H2. The molecule has 1 rings (SSSR count). The minimum absolute atomic E-state index is 0.184. The largest absolute Gasteiger partial charge is 0.394 e. The zero-order valence-corrected chi connectivity index (χ0v) is 6.68. The highest BCUT2D eigenvalue weighted by Gasteiger charge is 2.12. The van der Waals surface area contributed by atoms with Crippen LogP contribution < -0.4 is 5.73 Å². The molecule has 0 aromatic heterocycles. The van der Waals surface area contributed by atoms with Gasteiger partial charge in [0.25, 0.3) is 0 Å². The first-order chi connectivity index (χ1) is 5.04. The first-order valence-electron chi connectivity index (χ1n) is 2.62. The Bertz CT molecular complexity index is 275. The van der Waals surface area contributed by atoms with Crippen molar-refractivity contribution in [3.8, 4) is 0 Å². The number of anilines is 1. The Labute approximate surface area is 71.7 Å². The van der Waals surface area contributed by atoms with E-state index < -0.39 is 17.3 Å². The lowest BCUT2D eigenvalue weighted by molar-refractivity contribution is 0.592. The van der Waals surface area contributed by atoms with Crippen LogP contribution in [-0.2, 0) is 0 Å². The van der Waals surface area contributed by atoms with Gasteiger partial charge in [0.05, 0.1) is 10.0 Å². The van der Waals surface area contributed by atoms with E-state index in [1.54, 1.807) is 0 Å². The van der Waals surface area contributed by atoms with Crippen molar-refractivity contribution in [1.29, 1.82) is 0 Å². The van der Waals surface area contributed by atoms with E-state index in [0.717, 1.165) is 6.07 Å². The second-order valence-corrected chi connectivity index (χ2v) is 2.67. The maximum Gasteiger partial charge on any atom is 0.169 e. The van der Waals surface area contributed by atoms with Gasteiger partial charge in [-0.2, -0.15) is 0 Å². The molecule has 2 N–H and O–H groups in total. The molecule has 60 valence electrons. The molecule has 0 spiro atoms. The molecule has 0 aliphatic carbocycles. The molecule has 0 aliphatic rings. The van der Waals surface area contributed by atoms with E-state index in [2.05, 4.69) is 0 Å². The van der Waals surface area contributed by atoms with E-state index in [0.29, 0.717) is 0 Å². The quantitative estimate of drug-likeness (QED) is 0.387. The van der Waals surface area contributed by atoms with Crippen LogP contribution in [0.25, 0.3) is 0 Å². The van der Waals surface area contributed by atoms with Crippen LogP contribution in [0.2, 0.25) is 10.0 Å². The van der Waals surface area contributed by atoms with Crippen LogP contribution in [0.5, 0.6) is 0 Å². The molecule has 1 aromatic carbocycles. The number of hydrogen-bond donors (Lipinski definition) is 1.